The van der Waals surface area contributed by atoms with E-state index in [1.165, 1.54) is 12.1 Å². The molecular formula is C20H18FN7S. The zero-order chi connectivity index (χ0) is 19.6. The fourth-order valence-corrected chi connectivity index (χ4v) is 4.18. The number of thioether (sulfide) groups is 1. The maximum Gasteiger partial charge on any atom is 0.248 e. The van der Waals surface area contributed by atoms with Gasteiger partial charge in [0.25, 0.3) is 0 Å². The summed E-state index contributed by atoms with van der Waals surface area (Å²) in [6, 6.07) is 14.3. The Morgan fingerprint density at radius 3 is 2.86 bits per heavy atom. The number of anilines is 2. The van der Waals surface area contributed by atoms with Gasteiger partial charge in [0.1, 0.15) is 11.9 Å². The van der Waals surface area contributed by atoms with Gasteiger partial charge in [-0.2, -0.15) is 4.68 Å². The third-order valence-corrected chi connectivity index (χ3v) is 5.76. The van der Waals surface area contributed by atoms with Crippen LogP contribution < -0.4 is 10.6 Å². The summed E-state index contributed by atoms with van der Waals surface area (Å²) in [5, 5.41) is 19.4. The van der Waals surface area contributed by atoms with Crippen molar-refractivity contribution >= 4 is 34.3 Å². The first-order valence-corrected chi connectivity index (χ1v) is 10.3. The van der Waals surface area contributed by atoms with Gasteiger partial charge < -0.3 is 10.6 Å². The third kappa shape index (κ3) is 3.73. The number of aliphatic imine (C=N–C) groups is 1. The van der Waals surface area contributed by atoms with E-state index in [9.17, 15) is 4.39 Å². The van der Waals surface area contributed by atoms with Crippen LogP contribution >= 0.6 is 11.8 Å². The van der Waals surface area contributed by atoms with Crippen molar-refractivity contribution in [2.75, 3.05) is 22.9 Å². The zero-order valence-corrected chi connectivity index (χ0v) is 16.2. The molecule has 2 aliphatic heterocycles. The number of tetrazole rings is 1. The average molecular weight is 407 g/mol. The summed E-state index contributed by atoms with van der Waals surface area (Å²) in [4.78, 5) is 4.50. The van der Waals surface area contributed by atoms with Crippen molar-refractivity contribution in [3.05, 3.63) is 71.6 Å². The first-order chi connectivity index (χ1) is 14.3. The van der Waals surface area contributed by atoms with Crippen molar-refractivity contribution in [3.8, 4) is 0 Å². The minimum Gasteiger partial charge on any atom is -0.335 e. The number of nitrogens with zero attached hydrogens (tertiary/aromatic N) is 5. The molecule has 9 heteroatoms. The molecule has 2 aromatic carbocycles. The van der Waals surface area contributed by atoms with Gasteiger partial charge in [-0.3, -0.25) is 4.99 Å². The normalized spacial score (nSPS) is 18.3. The standard InChI is InChI=1S/C20H18FN7S/c21-15-4-1-3-14(11-15)18-12-17(24-19-25-26-27-28(18)19)13-5-7-16(8-6-13)23-20-22-9-2-10-29-20/h1,3-8,11-12,18H,2,9-10H2,(H,22,23)(H,24,25,27). The Hall–Kier alpha value is -3.20. The molecule has 0 saturated heterocycles. The number of allylic oxidation sites excluding steroid dienone is 1. The summed E-state index contributed by atoms with van der Waals surface area (Å²) < 4.78 is 15.4. The molecule has 0 saturated carbocycles. The van der Waals surface area contributed by atoms with E-state index < -0.39 is 0 Å². The second kappa shape index (κ2) is 7.67. The molecule has 146 valence electrons. The Labute approximate surface area is 171 Å². The number of hydrogen-bond acceptors (Lipinski definition) is 7. The van der Waals surface area contributed by atoms with Gasteiger partial charge in [0.15, 0.2) is 5.17 Å². The van der Waals surface area contributed by atoms with Gasteiger partial charge in [0, 0.05) is 23.7 Å². The van der Waals surface area contributed by atoms with Crippen LogP contribution in [-0.4, -0.2) is 37.7 Å². The van der Waals surface area contributed by atoms with Crippen LogP contribution in [0.15, 0.2) is 59.6 Å². The van der Waals surface area contributed by atoms with Crippen LogP contribution in [0.5, 0.6) is 0 Å². The molecule has 0 radical (unpaired) electrons. The molecule has 5 rings (SSSR count). The van der Waals surface area contributed by atoms with Crippen molar-refractivity contribution in [1.29, 1.82) is 0 Å². The van der Waals surface area contributed by atoms with Crippen LogP contribution in [0.25, 0.3) is 5.70 Å². The van der Waals surface area contributed by atoms with Gasteiger partial charge in [0.2, 0.25) is 5.95 Å². The molecule has 2 aliphatic rings. The number of nitrogens with one attached hydrogen (secondary N) is 2. The van der Waals surface area contributed by atoms with E-state index >= 15 is 0 Å². The van der Waals surface area contributed by atoms with Crippen LogP contribution in [0.1, 0.15) is 23.6 Å². The molecule has 0 aliphatic carbocycles. The van der Waals surface area contributed by atoms with E-state index in [1.54, 1.807) is 22.5 Å². The van der Waals surface area contributed by atoms with Crippen molar-refractivity contribution in [3.63, 3.8) is 0 Å². The Bertz CT molecular complexity index is 1090. The van der Waals surface area contributed by atoms with Gasteiger partial charge in [-0.25, -0.2) is 4.39 Å². The van der Waals surface area contributed by atoms with Crippen LogP contribution in [0.3, 0.4) is 0 Å². The topological polar surface area (TPSA) is 80.0 Å². The van der Waals surface area contributed by atoms with Crippen LogP contribution in [0.2, 0.25) is 0 Å². The molecule has 1 unspecified atom stereocenters. The van der Waals surface area contributed by atoms with Gasteiger partial charge in [-0.1, -0.05) is 41.1 Å². The van der Waals surface area contributed by atoms with Gasteiger partial charge in [-0.15, -0.1) is 0 Å². The van der Waals surface area contributed by atoms with Crippen LogP contribution in [0.4, 0.5) is 16.0 Å². The molecule has 1 atom stereocenters. The number of fused-ring (bicyclic) bond motifs is 1. The van der Waals surface area contributed by atoms with Crippen molar-refractivity contribution in [1.82, 2.24) is 20.2 Å². The van der Waals surface area contributed by atoms with E-state index in [4.69, 9.17) is 0 Å². The third-order valence-electron chi connectivity index (χ3n) is 4.76. The summed E-state index contributed by atoms with van der Waals surface area (Å²) in [6.45, 7) is 0.875. The second-order valence-electron chi connectivity index (χ2n) is 6.74. The lowest BCUT2D eigenvalue weighted by atomic mass is 10.0. The van der Waals surface area contributed by atoms with E-state index in [0.29, 0.717) is 5.95 Å². The number of hydrogen-bond donors (Lipinski definition) is 2. The molecule has 29 heavy (non-hydrogen) atoms. The number of benzene rings is 2. The quantitative estimate of drug-likeness (QED) is 0.688. The molecular weight excluding hydrogens is 389 g/mol. The Kier molecular flexibility index (Phi) is 4.73. The largest absolute Gasteiger partial charge is 0.335 e. The minimum atomic E-state index is -0.294. The molecule has 3 heterocycles. The van der Waals surface area contributed by atoms with Crippen molar-refractivity contribution < 1.29 is 4.39 Å². The van der Waals surface area contributed by atoms with Gasteiger partial charge >= 0.3 is 0 Å². The van der Waals surface area contributed by atoms with Gasteiger partial charge in [-0.05, 0) is 58.3 Å². The highest BCUT2D eigenvalue weighted by atomic mass is 32.2. The molecule has 0 amide bonds. The van der Waals surface area contributed by atoms with Crippen molar-refractivity contribution in [2.24, 2.45) is 4.99 Å². The molecule has 7 nitrogen and oxygen atoms in total. The van der Waals surface area contributed by atoms with E-state index in [2.05, 4.69) is 31.2 Å². The molecule has 1 aromatic heterocycles. The summed E-state index contributed by atoms with van der Waals surface area (Å²) >= 11 is 1.74. The smallest absolute Gasteiger partial charge is 0.248 e. The number of amidine groups is 1. The Morgan fingerprint density at radius 1 is 1.17 bits per heavy atom. The predicted octanol–water partition coefficient (Wildman–Crippen LogP) is 3.77. The second-order valence-corrected chi connectivity index (χ2v) is 7.83. The summed E-state index contributed by atoms with van der Waals surface area (Å²) in [5.74, 6) is 1.33. The lowest BCUT2D eigenvalue weighted by molar-refractivity contribution is 0.576. The summed E-state index contributed by atoms with van der Waals surface area (Å²) in [5.41, 5.74) is 3.63. The highest BCUT2D eigenvalue weighted by molar-refractivity contribution is 8.14. The summed E-state index contributed by atoms with van der Waals surface area (Å²) in [6.07, 6.45) is 3.13. The van der Waals surface area contributed by atoms with Gasteiger partial charge in [0.05, 0.1) is 0 Å². The number of rotatable bonds is 3. The molecule has 0 fully saturated rings. The molecule has 0 spiro atoms. The lowest BCUT2D eigenvalue weighted by Gasteiger charge is -2.23. The van der Waals surface area contributed by atoms with Crippen molar-refractivity contribution in [2.45, 2.75) is 12.5 Å². The molecule has 3 aromatic rings. The highest BCUT2D eigenvalue weighted by Crippen LogP contribution is 2.32. The fraction of sp³-hybridized carbons (Fsp3) is 0.200. The first-order valence-electron chi connectivity index (χ1n) is 9.33. The Morgan fingerprint density at radius 2 is 2.07 bits per heavy atom. The predicted molar refractivity (Wildman–Crippen MR) is 113 cm³/mol. The molecule has 2 N–H and O–H groups in total. The van der Waals surface area contributed by atoms with E-state index in [-0.39, 0.29) is 11.9 Å². The Balaban J connectivity index is 1.43. The monoisotopic (exact) mass is 407 g/mol. The fourth-order valence-electron chi connectivity index (χ4n) is 3.34. The maximum absolute atomic E-state index is 13.8. The zero-order valence-electron chi connectivity index (χ0n) is 15.4. The SMILES string of the molecule is Fc1cccc(C2C=C(c3ccc(NC4=NCCCS4)cc3)Nc3nnnn32)c1. The van der Waals surface area contributed by atoms with Crippen LogP contribution in [-0.2, 0) is 0 Å². The maximum atomic E-state index is 13.8. The average Bonchev–Trinajstić information content (AvgIpc) is 3.23. The molecule has 0 bridgehead atoms. The first kappa shape index (κ1) is 17.9. The summed E-state index contributed by atoms with van der Waals surface area (Å²) in [7, 11) is 0. The highest BCUT2D eigenvalue weighted by Gasteiger charge is 2.24. The van der Waals surface area contributed by atoms with E-state index in [0.717, 1.165) is 46.4 Å². The van der Waals surface area contributed by atoms with E-state index in [1.807, 2.05) is 36.4 Å². The number of aromatic nitrogens is 4. The minimum absolute atomic E-state index is 0.287. The van der Waals surface area contributed by atoms with Crippen LogP contribution in [0, 0.1) is 5.82 Å². The number of halogens is 1. The lowest BCUT2D eigenvalue weighted by Crippen LogP contribution is -2.20.